The zero-order chi connectivity index (χ0) is 32.8. The van der Waals surface area contributed by atoms with E-state index in [1.165, 1.54) is 0 Å². The van der Waals surface area contributed by atoms with E-state index in [0.29, 0.717) is 25.0 Å². The molecule has 0 radical (unpaired) electrons. The monoisotopic (exact) mass is 624 g/mol. The number of nitro groups is 4. The van der Waals surface area contributed by atoms with Gasteiger partial charge in [-0.1, -0.05) is 37.3 Å². The van der Waals surface area contributed by atoms with Crippen molar-refractivity contribution in [3.05, 3.63) is 124 Å². The Morgan fingerprint density at radius 1 is 0.711 bits per heavy atom. The number of hydrogen-bond donors (Lipinski definition) is 0. The molecule has 4 unspecified atom stereocenters. The van der Waals surface area contributed by atoms with E-state index < -0.39 is 96.3 Å². The molecule has 0 amide bonds. The summed E-state index contributed by atoms with van der Waals surface area (Å²) in [7, 11) is 0. The van der Waals surface area contributed by atoms with Gasteiger partial charge in [-0.05, 0) is 18.4 Å². The van der Waals surface area contributed by atoms with E-state index in [4.69, 9.17) is 14.2 Å². The van der Waals surface area contributed by atoms with Crippen LogP contribution in [0.25, 0.3) is 0 Å². The molecular formula is C28H24N4O13. The third kappa shape index (κ3) is 7.77. The molecule has 1 heterocycles. The number of aryl methyl sites for hydroxylation is 1. The molecule has 0 bridgehead atoms. The van der Waals surface area contributed by atoms with Crippen LogP contribution in [0.5, 0.6) is 0 Å². The van der Waals surface area contributed by atoms with E-state index in [1.54, 1.807) is 6.92 Å². The van der Waals surface area contributed by atoms with E-state index >= 15 is 0 Å². The SMILES string of the molecule is CC1C(CCc2ccccc2)OC(COC(=O)c2cc([N+](=O)[O-])cc([N+](=O)[O-])c2)C1OC(=O)c1cc([N+](=O)[O-])cc([N+](=O)[O-])c1. The van der Waals surface area contributed by atoms with Crippen molar-refractivity contribution in [3.63, 3.8) is 0 Å². The summed E-state index contributed by atoms with van der Waals surface area (Å²) in [6.07, 6.45) is -1.73. The highest BCUT2D eigenvalue weighted by atomic mass is 16.6. The molecule has 4 rings (SSSR count). The second-order valence-corrected chi connectivity index (χ2v) is 10.1. The molecule has 0 aromatic heterocycles. The van der Waals surface area contributed by atoms with Crippen LogP contribution in [0.1, 0.15) is 39.6 Å². The number of rotatable bonds is 12. The number of nitro benzene ring substituents is 4. The van der Waals surface area contributed by atoms with Gasteiger partial charge in [0.05, 0.1) is 49.1 Å². The molecule has 1 aliphatic rings. The lowest BCUT2D eigenvalue weighted by molar-refractivity contribution is -0.394. The third-order valence-electron chi connectivity index (χ3n) is 7.12. The lowest BCUT2D eigenvalue weighted by Crippen LogP contribution is -2.35. The van der Waals surface area contributed by atoms with E-state index in [1.807, 2.05) is 30.3 Å². The first-order valence-corrected chi connectivity index (χ1v) is 13.3. The number of carbonyl (C=O) groups excluding carboxylic acids is 2. The zero-order valence-corrected chi connectivity index (χ0v) is 23.4. The highest BCUT2D eigenvalue weighted by Gasteiger charge is 2.45. The third-order valence-corrected chi connectivity index (χ3v) is 7.12. The summed E-state index contributed by atoms with van der Waals surface area (Å²) < 4.78 is 17.0. The zero-order valence-electron chi connectivity index (χ0n) is 23.4. The molecule has 1 fully saturated rings. The Morgan fingerprint density at radius 3 is 1.64 bits per heavy atom. The van der Waals surface area contributed by atoms with Crippen LogP contribution in [-0.4, -0.2) is 56.6 Å². The molecule has 0 aliphatic carbocycles. The second-order valence-electron chi connectivity index (χ2n) is 10.1. The lowest BCUT2D eigenvalue weighted by atomic mass is 9.94. The summed E-state index contributed by atoms with van der Waals surface area (Å²) in [4.78, 5) is 67.4. The number of nitrogens with zero attached hydrogens (tertiary/aromatic N) is 4. The highest BCUT2D eigenvalue weighted by Crippen LogP contribution is 2.34. The minimum atomic E-state index is -1.15. The van der Waals surface area contributed by atoms with Gasteiger partial charge in [0.1, 0.15) is 18.8 Å². The fourth-order valence-electron chi connectivity index (χ4n) is 4.86. The summed E-state index contributed by atoms with van der Waals surface area (Å²) in [5.74, 6) is -2.80. The van der Waals surface area contributed by atoms with Crippen molar-refractivity contribution in [2.75, 3.05) is 6.61 Å². The lowest BCUT2D eigenvalue weighted by Gasteiger charge is -2.21. The van der Waals surface area contributed by atoms with Crippen molar-refractivity contribution in [1.82, 2.24) is 0 Å². The van der Waals surface area contributed by atoms with Crippen molar-refractivity contribution < 1.29 is 43.5 Å². The van der Waals surface area contributed by atoms with Gasteiger partial charge in [0.25, 0.3) is 22.7 Å². The summed E-state index contributed by atoms with van der Waals surface area (Å²) >= 11 is 0. The quantitative estimate of drug-likeness (QED) is 0.151. The van der Waals surface area contributed by atoms with Gasteiger partial charge >= 0.3 is 11.9 Å². The van der Waals surface area contributed by atoms with Crippen LogP contribution in [0.15, 0.2) is 66.7 Å². The largest absolute Gasteiger partial charge is 0.459 e. The molecule has 0 saturated carbocycles. The van der Waals surface area contributed by atoms with Gasteiger partial charge in [0, 0.05) is 30.2 Å². The van der Waals surface area contributed by atoms with Gasteiger partial charge in [-0.2, -0.15) is 0 Å². The summed E-state index contributed by atoms with van der Waals surface area (Å²) in [5, 5.41) is 45.0. The van der Waals surface area contributed by atoms with E-state index in [0.717, 1.165) is 29.8 Å². The van der Waals surface area contributed by atoms with Crippen LogP contribution in [0.3, 0.4) is 0 Å². The van der Waals surface area contributed by atoms with Crippen LogP contribution in [0.4, 0.5) is 22.7 Å². The maximum absolute atomic E-state index is 13.1. The Hall–Kier alpha value is -5.84. The van der Waals surface area contributed by atoms with E-state index in [9.17, 15) is 50.0 Å². The molecule has 0 N–H and O–H groups in total. The number of hydrogen-bond acceptors (Lipinski definition) is 13. The Balaban J connectivity index is 1.57. The first kappa shape index (κ1) is 32.1. The topological polar surface area (TPSA) is 234 Å². The number of benzene rings is 3. The summed E-state index contributed by atoms with van der Waals surface area (Å²) in [6, 6.07) is 14.0. The smallest absolute Gasteiger partial charge is 0.339 e. The van der Waals surface area contributed by atoms with Crippen LogP contribution < -0.4 is 0 Å². The average Bonchev–Trinajstić information content (AvgIpc) is 3.31. The minimum Gasteiger partial charge on any atom is -0.459 e. The van der Waals surface area contributed by atoms with E-state index in [2.05, 4.69) is 0 Å². The standard InChI is InChI=1S/C28H24N4O13/c1-16-24(8-7-17-5-3-2-4-6-17)44-25(15-43-27(33)18-9-20(29(35)36)13-21(10-18)30(37)38)26(16)45-28(34)19-11-22(31(39)40)14-23(12-19)32(41)42/h2-6,9-14,16,24-26H,7-8,15H2,1H3. The highest BCUT2D eigenvalue weighted by molar-refractivity contribution is 5.92. The first-order chi connectivity index (χ1) is 21.3. The molecule has 3 aromatic carbocycles. The molecule has 1 saturated heterocycles. The van der Waals surface area contributed by atoms with Gasteiger partial charge in [0.15, 0.2) is 0 Å². The van der Waals surface area contributed by atoms with Crippen LogP contribution >= 0.6 is 0 Å². The Labute approximate surface area is 252 Å². The molecule has 3 aromatic rings. The molecule has 17 heteroatoms. The van der Waals surface area contributed by atoms with Crippen molar-refractivity contribution in [2.24, 2.45) is 5.92 Å². The molecule has 234 valence electrons. The molecule has 4 atom stereocenters. The van der Waals surface area contributed by atoms with Gasteiger partial charge < -0.3 is 14.2 Å². The number of non-ortho nitro benzene ring substituents is 4. The Morgan fingerprint density at radius 2 is 1.18 bits per heavy atom. The summed E-state index contributed by atoms with van der Waals surface area (Å²) in [6.45, 7) is 1.16. The molecule has 45 heavy (non-hydrogen) atoms. The van der Waals surface area contributed by atoms with Crippen LogP contribution in [0, 0.1) is 46.4 Å². The predicted octanol–water partition coefficient (Wildman–Crippen LogP) is 4.74. The maximum Gasteiger partial charge on any atom is 0.339 e. The Bertz CT molecular complexity index is 1600. The van der Waals surface area contributed by atoms with Crippen molar-refractivity contribution in [1.29, 1.82) is 0 Å². The molecule has 17 nitrogen and oxygen atoms in total. The van der Waals surface area contributed by atoms with Crippen LogP contribution in [0.2, 0.25) is 0 Å². The average molecular weight is 625 g/mol. The number of carbonyl (C=O) groups is 2. The maximum atomic E-state index is 13.1. The summed E-state index contributed by atoms with van der Waals surface area (Å²) in [5.41, 5.74) is -2.77. The van der Waals surface area contributed by atoms with Crippen molar-refractivity contribution in [3.8, 4) is 0 Å². The minimum absolute atomic E-state index is 0.447. The number of ether oxygens (including phenoxy) is 3. The van der Waals surface area contributed by atoms with Gasteiger partial charge in [-0.25, -0.2) is 9.59 Å². The van der Waals surface area contributed by atoms with Crippen molar-refractivity contribution >= 4 is 34.7 Å². The fraction of sp³-hybridized carbons (Fsp3) is 0.286. The van der Waals surface area contributed by atoms with Gasteiger partial charge in [0.2, 0.25) is 0 Å². The predicted molar refractivity (Wildman–Crippen MR) is 152 cm³/mol. The molecule has 1 aliphatic heterocycles. The second kappa shape index (κ2) is 13.6. The fourth-order valence-corrected chi connectivity index (χ4v) is 4.86. The van der Waals surface area contributed by atoms with Crippen LogP contribution in [-0.2, 0) is 20.6 Å². The van der Waals surface area contributed by atoms with Gasteiger partial charge in [-0.15, -0.1) is 0 Å². The molecule has 0 spiro atoms. The van der Waals surface area contributed by atoms with E-state index in [-0.39, 0.29) is 0 Å². The Kier molecular flexibility index (Phi) is 9.72. The van der Waals surface area contributed by atoms with Crippen molar-refractivity contribution in [2.45, 2.75) is 38.1 Å². The number of esters is 2. The molecular weight excluding hydrogens is 600 g/mol. The van der Waals surface area contributed by atoms with Gasteiger partial charge in [-0.3, -0.25) is 40.5 Å². The normalized spacial score (nSPS) is 19.0. The first-order valence-electron chi connectivity index (χ1n) is 13.3.